The van der Waals surface area contributed by atoms with Crippen molar-refractivity contribution < 1.29 is 9.59 Å². The van der Waals surface area contributed by atoms with E-state index in [9.17, 15) is 9.59 Å². The molecule has 7 nitrogen and oxygen atoms in total. The second-order valence-corrected chi connectivity index (χ2v) is 12.1. The van der Waals surface area contributed by atoms with Crippen LogP contribution >= 0.6 is 0 Å². The average Bonchev–Trinajstić information content (AvgIpc) is 3.48. The summed E-state index contributed by atoms with van der Waals surface area (Å²) in [5.41, 5.74) is 6.04. The van der Waals surface area contributed by atoms with Crippen molar-refractivity contribution in [1.82, 2.24) is 24.8 Å². The summed E-state index contributed by atoms with van der Waals surface area (Å²) >= 11 is 0. The Balaban J connectivity index is 1.45. The zero-order valence-electron chi connectivity index (χ0n) is 22.5. The highest BCUT2D eigenvalue weighted by atomic mass is 16.2. The van der Waals surface area contributed by atoms with Crippen molar-refractivity contribution in [3.05, 3.63) is 52.1 Å². The van der Waals surface area contributed by atoms with Crippen LogP contribution < -0.4 is 5.32 Å². The van der Waals surface area contributed by atoms with Gasteiger partial charge in [0.15, 0.2) is 5.78 Å². The molecule has 1 amide bonds. The Morgan fingerprint density at radius 1 is 1.28 bits per heavy atom. The molecule has 2 heterocycles. The highest BCUT2D eigenvalue weighted by molar-refractivity contribution is 6.04. The topological polar surface area (TPSA) is 83.0 Å². The van der Waals surface area contributed by atoms with E-state index in [1.54, 1.807) is 0 Å². The van der Waals surface area contributed by atoms with Crippen LogP contribution in [0.3, 0.4) is 0 Å². The number of hydrogen-bond acceptors (Lipinski definition) is 4. The van der Waals surface area contributed by atoms with Crippen molar-refractivity contribution in [3.63, 3.8) is 0 Å². The summed E-state index contributed by atoms with van der Waals surface area (Å²) in [5, 5.41) is 3.29. The van der Waals surface area contributed by atoms with Crippen LogP contribution in [0.5, 0.6) is 0 Å². The third kappa shape index (κ3) is 4.85. The van der Waals surface area contributed by atoms with E-state index in [1.165, 1.54) is 18.4 Å². The fourth-order valence-corrected chi connectivity index (χ4v) is 5.79. The summed E-state index contributed by atoms with van der Waals surface area (Å²) in [6.45, 7) is 6.96. The van der Waals surface area contributed by atoms with Gasteiger partial charge in [-0.25, -0.2) is 4.98 Å². The van der Waals surface area contributed by atoms with E-state index in [4.69, 9.17) is 4.98 Å². The van der Waals surface area contributed by atoms with Gasteiger partial charge in [-0.3, -0.25) is 9.59 Å². The molecule has 1 fully saturated rings. The van der Waals surface area contributed by atoms with Crippen molar-refractivity contribution in [3.8, 4) is 0 Å². The van der Waals surface area contributed by atoms with Gasteiger partial charge in [0.1, 0.15) is 11.5 Å². The standard InChI is InChI=1S/C29H39N5O2/c1-17-25-22(14-29(2,3)15-24(25)35)30-26(17)28(36)32-21(12-9-18-7-8-18)27-31-20-11-10-19(16-33(4)5)13-23(20)34(27)6/h10-11,13,18,21,30H,7-9,12,14-16H2,1-6H3,(H,32,36). The predicted molar refractivity (Wildman–Crippen MR) is 142 cm³/mol. The molecule has 2 aliphatic rings. The first-order valence-electron chi connectivity index (χ1n) is 13.2. The van der Waals surface area contributed by atoms with Crippen molar-refractivity contribution in [2.75, 3.05) is 14.1 Å². The lowest BCUT2D eigenvalue weighted by Crippen LogP contribution is -2.31. The van der Waals surface area contributed by atoms with E-state index >= 15 is 0 Å². The van der Waals surface area contributed by atoms with Gasteiger partial charge < -0.3 is 19.8 Å². The van der Waals surface area contributed by atoms with E-state index in [1.807, 2.05) is 14.0 Å². The number of carbonyl (C=O) groups excluding carboxylic acids is 2. The van der Waals surface area contributed by atoms with Crippen molar-refractivity contribution >= 4 is 22.7 Å². The fourth-order valence-electron chi connectivity index (χ4n) is 5.79. The number of aromatic amines is 1. The molecule has 0 aliphatic heterocycles. The van der Waals surface area contributed by atoms with E-state index in [-0.39, 0.29) is 23.1 Å². The van der Waals surface area contributed by atoms with Crippen molar-refractivity contribution in [2.24, 2.45) is 18.4 Å². The minimum absolute atomic E-state index is 0.0968. The Morgan fingerprint density at radius 3 is 2.72 bits per heavy atom. The van der Waals surface area contributed by atoms with Crippen LogP contribution in [0.2, 0.25) is 0 Å². The summed E-state index contributed by atoms with van der Waals surface area (Å²) in [4.78, 5) is 36.9. The summed E-state index contributed by atoms with van der Waals surface area (Å²) in [7, 11) is 6.17. The minimum atomic E-state index is -0.195. The highest BCUT2D eigenvalue weighted by Gasteiger charge is 2.36. The maximum absolute atomic E-state index is 13.6. The summed E-state index contributed by atoms with van der Waals surface area (Å²) in [6, 6.07) is 6.21. The number of fused-ring (bicyclic) bond motifs is 2. The smallest absolute Gasteiger partial charge is 0.268 e. The number of nitrogens with zero attached hydrogens (tertiary/aromatic N) is 3. The van der Waals surface area contributed by atoms with Crippen molar-refractivity contribution in [2.45, 2.75) is 71.9 Å². The van der Waals surface area contributed by atoms with Crippen LogP contribution in [-0.2, 0) is 20.0 Å². The number of amides is 1. The molecule has 1 atom stereocenters. The molecule has 0 spiro atoms. The van der Waals surface area contributed by atoms with Crippen LogP contribution in [0.15, 0.2) is 18.2 Å². The number of nitrogens with one attached hydrogen (secondary N) is 2. The second kappa shape index (κ2) is 9.18. The molecule has 1 saturated carbocycles. The quantitative estimate of drug-likeness (QED) is 0.462. The van der Waals surface area contributed by atoms with Gasteiger partial charge in [-0.2, -0.15) is 0 Å². The number of imidazole rings is 1. The number of aryl methyl sites for hydroxylation is 1. The molecular weight excluding hydrogens is 450 g/mol. The van der Waals surface area contributed by atoms with E-state index in [0.717, 1.165) is 59.8 Å². The lowest BCUT2D eigenvalue weighted by atomic mass is 9.75. The van der Waals surface area contributed by atoms with E-state index in [0.29, 0.717) is 17.7 Å². The summed E-state index contributed by atoms with van der Waals surface area (Å²) in [5.74, 6) is 1.61. The van der Waals surface area contributed by atoms with Crippen LogP contribution in [0.1, 0.15) is 95.5 Å². The SMILES string of the molecule is Cc1c(C(=O)NC(CCC2CC2)c2nc3ccc(CN(C)C)cc3n2C)[nH]c2c1C(=O)CC(C)(C)C2. The number of aromatic nitrogens is 3. The third-order valence-electron chi connectivity index (χ3n) is 7.78. The molecule has 36 heavy (non-hydrogen) atoms. The van der Waals surface area contributed by atoms with Gasteiger partial charge in [0.2, 0.25) is 0 Å². The number of carbonyl (C=O) groups is 2. The first-order chi connectivity index (χ1) is 17.0. The maximum atomic E-state index is 13.6. The summed E-state index contributed by atoms with van der Waals surface area (Å²) in [6.07, 6.45) is 5.76. The van der Waals surface area contributed by atoms with Gasteiger partial charge in [-0.05, 0) is 74.9 Å². The lowest BCUT2D eigenvalue weighted by molar-refractivity contribution is 0.0908. The molecular formula is C29H39N5O2. The largest absolute Gasteiger partial charge is 0.354 e. The number of ketones is 1. The Bertz CT molecular complexity index is 1330. The molecule has 0 radical (unpaired) electrons. The normalized spacial score (nSPS) is 18.0. The average molecular weight is 490 g/mol. The monoisotopic (exact) mass is 489 g/mol. The molecule has 2 aliphatic carbocycles. The molecule has 7 heteroatoms. The fraction of sp³-hybridized carbons (Fsp3) is 0.552. The Morgan fingerprint density at radius 2 is 2.03 bits per heavy atom. The predicted octanol–water partition coefficient (Wildman–Crippen LogP) is 5.09. The first-order valence-corrected chi connectivity index (χ1v) is 13.2. The van der Waals surface area contributed by atoms with Gasteiger partial charge in [0.05, 0.1) is 17.1 Å². The van der Waals surface area contributed by atoms with Crippen LogP contribution in [0, 0.1) is 18.3 Å². The van der Waals surface area contributed by atoms with E-state index in [2.05, 4.69) is 65.9 Å². The molecule has 1 aromatic carbocycles. The van der Waals surface area contributed by atoms with Gasteiger partial charge in [-0.15, -0.1) is 0 Å². The zero-order chi connectivity index (χ0) is 25.8. The molecule has 192 valence electrons. The van der Waals surface area contributed by atoms with Gasteiger partial charge in [-0.1, -0.05) is 32.8 Å². The van der Waals surface area contributed by atoms with Crippen LogP contribution in [0.4, 0.5) is 0 Å². The number of Topliss-reactive ketones (excluding diaryl/α,β-unsaturated/α-hetero) is 1. The minimum Gasteiger partial charge on any atom is -0.354 e. The molecule has 1 unspecified atom stereocenters. The first kappa shape index (κ1) is 24.8. The third-order valence-corrected chi connectivity index (χ3v) is 7.78. The molecule has 2 N–H and O–H groups in total. The molecule has 3 aromatic rings. The number of H-pyrrole nitrogens is 1. The van der Waals surface area contributed by atoms with Crippen LogP contribution in [0.25, 0.3) is 11.0 Å². The molecule has 0 saturated heterocycles. The number of rotatable bonds is 8. The highest BCUT2D eigenvalue weighted by Crippen LogP contribution is 2.38. The Hall–Kier alpha value is -2.93. The second-order valence-electron chi connectivity index (χ2n) is 12.1. The van der Waals surface area contributed by atoms with Crippen molar-refractivity contribution in [1.29, 1.82) is 0 Å². The number of hydrogen-bond donors (Lipinski definition) is 2. The Kier molecular flexibility index (Phi) is 6.31. The van der Waals surface area contributed by atoms with Gasteiger partial charge in [0.25, 0.3) is 5.91 Å². The van der Waals surface area contributed by atoms with Gasteiger partial charge >= 0.3 is 0 Å². The van der Waals surface area contributed by atoms with Crippen LogP contribution in [-0.4, -0.2) is 45.2 Å². The molecule has 5 rings (SSSR count). The van der Waals surface area contributed by atoms with Gasteiger partial charge in [0, 0.05) is 31.3 Å². The lowest BCUT2D eigenvalue weighted by Gasteiger charge is -2.28. The Labute approximate surface area is 213 Å². The zero-order valence-corrected chi connectivity index (χ0v) is 22.5. The molecule has 2 aromatic heterocycles. The summed E-state index contributed by atoms with van der Waals surface area (Å²) < 4.78 is 2.13. The maximum Gasteiger partial charge on any atom is 0.268 e. The molecule has 0 bridgehead atoms. The van der Waals surface area contributed by atoms with E-state index < -0.39 is 0 Å². The number of benzene rings is 1.